The quantitative estimate of drug-likeness (QED) is 0.509. The van der Waals surface area contributed by atoms with Crippen LogP contribution < -0.4 is 0 Å². The predicted octanol–water partition coefficient (Wildman–Crippen LogP) is 3.62. The molecule has 14 heavy (non-hydrogen) atoms. The van der Waals surface area contributed by atoms with Gasteiger partial charge in [0, 0.05) is 12.0 Å². The molecule has 0 aliphatic heterocycles. The van der Waals surface area contributed by atoms with Crippen molar-refractivity contribution in [1.29, 1.82) is 0 Å². The third-order valence-corrected chi connectivity index (χ3v) is 2.02. The Morgan fingerprint density at radius 1 is 1.21 bits per heavy atom. The zero-order valence-corrected chi connectivity index (χ0v) is 8.57. The minimum absolute atomic E-state index is 0.193. The maximum absolute atomic E-state index is 11.6. The summed E-state index contributed by atoms with van der Waals surface area (Å²) in [6, 6.07) is 9.42. The first-order valence-electron chi connectivity index (χ1n) is 5.08. The molecule has 0 fully saturated rings. The van der Waals surface area contributed by atoms with Gasteiger partial charge in [0.05, 0.1) is 0 Å². The zero-order valence-electron chi connectivity index (χ0n) is 8.57. The highest BCUT2D eigenvalue weighted by atomic mass is 16.1. The lowest BCUT2D eigenvalue weighted by Crippen LogP contribution is -1.95. The molecule has 1 aromatic carbocycles. The second kappa shape index (κ2) is 6.14. The molecule has 0 N–H and O–H groups in total. The van der Waals surface area contributed by atoms with Gasteiger partial charge in [-0.25, -0.2) is 0 Å². The Hall–Kier alpha value is -1.37. The molecular formula is C13H16O. The van der Waals surface area contributed by atoms with Crippen molar-refractivity contribution in [1.82, 2.24) is 0 Å². The number of Topliss-reactive ketones (excluding diaryl/α,β-unsaturated/α-hetero) is 1. The van der Waals surface area contributed by atoms with Gasteiger partial charge in [-0.3, -0.25) is 4.79 Å². The zero-order chi connectivity index (χ0) is 10.2. The minimum atomic E-state index is 0.193. The van der Waals surface area contributed by atoms with E-state index >= 15 is 0 Å². The Morgan fingerprint density at radius 3 is 2.57 bits per heavy atom. The first-order valence-corrected chi connectivity index (χ1v) is 5.08. The highest BCUT2D eigenvalue weighted by Gasteiger charge is 2.00. The third-order valence-electron chi connectivity index (χ3n) is 2.02. The maximum Gasteiger partial charge on any atom is 0.166 e. The van der Waals surface area contributed by atoms with E-state index in [1.54, 1.807) is 0 Å². The number of allylic oxidation sites excluding steroid dienone is 2. The van der Waals surface area contributed by atoms with E-state index in [1.165, 1.54) is 0 Å². The largest absolute Gasteiger partial charge is 0.294 e. The molecule has 0 bridgehead atoms. The molecule has 0 saturated carbocycles. The topological polar surface area (TPSA) is 17.1 Å². The lowest BCUT2D eigenvalue weighted by molar-refractivity contribution is 0.0996. The van der Waals surface area contributed by atoms with Crippen molar-refractivity contribution in [3.05, 3.63) is 48.0 Å². The monoisotopic (exact) mass is 188 g/mol. The van der Waals surface area contributed by atoms with E-state index < -0.39 is 0 Å². The van der Waals surface area contributed by atoms with E-state index in [0.717, 1.165) is 18.4 Å². The van der Waals surface area contributed by atoms with Crippen LogP contribution in [0.3, 0.4) is 0 Å². The Morgan fingerprint density at radius 2 is 1.93 bits per heavy atom. The summed E-state index contributed by atoms with van der Waals surface area (Å²) in [5.74, 6) is 0.193. The SMILES string of the molecule is CCCC=CCC(=O)c1ccccc1. The number of carbonyl (C=O) groups is 1. The molecule has 0 heterocycles. The van der Waals surface area contributed by atoms with Gasteiger partial charge in [-0.05, 0) is 6.42 Å². The Bertz CT molecular complexity index is 298. The molecule has 0 radical (unpaired) electrons. The molecule has 74 valence electrons. The van der Waals surface area contributed by atoms with E-state index in [0.29, 0.717) is 6.42 Å². The first-order chi connectivity index (χ1) is 6.84. The number of ketones is 1. The van der Waals surface area contributed by atoms with Crippen LogP contribution in [0.4, 0.5) is 0 Å². The molecule has 0 spiro atoms. The normalized spacial score (nSPS) is 10.6. The van der Waals surface area contributed by atoms with Crippen LogP contribution in [0.5, 0.6) is 0 Å². The summed E-state index contributed by atoms with van der Waals surface area (Å²) in [5.41, 5.74) is 0.800. The molecule has 0 aromatic heterocycles. The second-order valence-corrected chi connectivity index (χ2v) is 3.25. The average molecular weight is 188 g/mol. The summed E-state index contributed by atoms with van der Waals surface area (Å²) in [7, 11) is 0. The van der Waals surface area contributed by atoms with Crippen LogP contribution in [0.15, 0.2) is 42.5 Å². The fourth-order valence-electron chi connectivity index (χ4n) is 1.22. The molecule has 1 nitrogen and oxygen atoms in total. The van der Waals surface area contributed by atoms with Gasteiger partial charge in [-0.1, -0.05) is 55.8 Å². The van der Waals surface area contributed by atoms with Crippen LogP contribution in [0.25, 0.3) is 0 Å². The van der Waals surface area contributed by atoms with Crippen LogP contribution >= 0.6 is 0 Å². The molecule has 0 amide bonds. The summed E-state index contributed by atoms with van der Waals surface area (Å²) in [4.78, 5) is 11.6. The van der Waals surface area contributed by atoms with Gasteiger partial charge in [0.2, 0.25) is 0 Å². The van der Waals surface area contributed by atoms with Crippen molar-refractivity contribution < 1.29 is 4.79 Å². The molecule has 0 unspecified atom stereocenters. The standard InChI is InChI=1S/C13H16O/c1-2-3-4-8-11-13(14)12-9-6-5-7-10-12/h4-10H,2-3,11H2,1H3. The van der Waals surface area contributed by atoms with E-state index in [9.17, 15) is 4.79 Å². The lowest BCUT2D eigenvalue weighted by Gasteiger charge is -1.95. The van der Waals surface area contributed by atoms with Gasteiger partial charge in [0.25, 0.3) is 0 Å². The van der Waals surface area contributed by atoms with E-state index in [1.807, 2.05) is 36.4 Å². The fraction of sp³-hybridized carbons (Fsp3) is 0.308. The van der Waals surface area contributed by atoms with Crippen molar-refractivity contribution in [3.63, 3.8) is 0 Å². The Labute approximate surface area is 85.5 Å². The van der Waals surface area contributed by atoms with Crippen LogP contribution in [0.1, 0.15) is 36.5 Å². The van der Waals surface area contributed by atoms with Gasteiger partial charge in [0.15, 0.2) is 5.78 Å². The molecular weight excluding hydrogens is 172 g/mol. The Kier molecular flexibility index (Phi) is 4.70. The van der Waals surface area contributed by atoms with Gasteiger partial charge in [-0.2, -0.15) is 0 Å². The number of rotatable bonds is 5. The summed E-state index contributed by atoms with van der Waals surface area (Å²) >= 11 is 0. The third kappa shape index (κ3) is 3.56. The summed E-state index contributed by atoms with van der Waals surface area (Å²) < 4.78 is 0. The highest BCUT2D eigenvalue weighted by molar-refractivity contribution is 5.96. The van der Waals surface area contributed by atoms with Crippen LogP contribution in [-0.4, -0.2) is 5.78 Å². The van der Waals surface area contributed by atoms with Crippen LogP contribution in [-0.2, 0) is 0 Å². The van der Waals surface area contributed by atoms with Crippen LogP contribution in [0.2, 0.25) is 0 Å². The summed E-state index contributed by atoms with van der Waals surface area (Å²) in [5, 5.41) is 0. The van der Waals surface area contributed by atoms with Crippen molar-refractivity contribution in [3.8, 4) is 0 Å². The fourth-order valence-corrected chi connectivity index (χ4v) is 1.22. The predicted molar refractivity (Wildman–Crippen MR) is 59.4 cm³/mol. The van der Waals surface area contributed by atoms with Crippen molar-refractivity contribution in [2.24, 2.45) is 0 Å². The molecule has 1 heteroatoms. The van der Waals surface area contributed by atoms with Gasteiger partial charge >= 0.3 is 0 Å². The average Bonchev–Trinajstić information content (AvgIpc) is 2.25. The molecule has 0 saturated heterocycles. The highest BCUT2D eigenvalue weighted by Crippen LogP contribution is 2.03. The first kappa shape index (κ1) is 10.7. The van der Waals surface area contributed by atoms with Crippen molar-refractivity contribution >= 4 is 5.78 Å². The van der Waals surface area contributed by atoms with E-state index in [2.05, 4.69) is 13.0 Å². The minimum Gasteiger partial charge on any atom is -0.294 e. The Balaban J connectivity index is 2.44. The number of hydrogen-bond donors (Lipinski definition) is 0. The second-order valence-electron chi connectivity index (χ2n) is 3.25. The van der Waals surface area contributed by atoms with E-state index in [4.69, 9.17) is 0 Å². The summed E-state index contributed by atoms with van der Waals surface area (Å²) in [6.07, 6.45) is 6.74. The molecule has 0 aliphatic carbocycles. The van der Waals surface area contributed by atoms with Gasteiger partial charge in [-0.15, -0.1) is 0 Å². The maximum atomic E-state index is 11.6. The van der Waals surface area contributed by atoms with Crippen molar-refractivity contribution in [2.75, 3.05) is 0 Å². The smallest absolute Gasteiger partial charge is 0.166 e. The van der Waals surface area contributed by atoms with E-state index in [-0.39, 0.29) is 5.78 Å². The van der Waals surface area contributed by atoms with Gasteiger partial charge in [0.1, 0.15) is 0 Å². The van der Waals surface area contributed by atoms with Crippen LogP contribution in [0, 0.1) is 0 Å². The number of carbonyl (C=O) groups excluding carboxylic acids is 1. The number of hydrogen-bond acceptors (Lipinski definition) is 1. The number of benzene rings is 1. The molecule has 0 aliphatic rings. The summed E-state index contributed by atoms with van der Waals surface area (Å²) in [6.45, 7) is 2.13. The lowest BCUT2D eigenvalue weighted by atomic mass is 10.1. The number of unbranched alkanes of at least 4 members (excludes halogenated alkanes) is 1. The molecule has 1 aromatic rings. The molecule has 0 atom stereocenters. The van der Waals surface area contributed by atoms with Crippen molar-refractivity contribution in [2.45, 2.75) is 26.2 Å². The molecule has 1 rings (SSSR count). The van der Waals surface area contributed by atoms with Gasteiger partial charge < -0.3 is 0 Å².